The molecule has 1 aliphatic heterocycles. The van der Waals surface area contributed by atoms with Gasteiger partial charge in [0.2, 0.25) is 0 Å². The second kappa shape index (κ2) is 13.7. The molecule has 0 amide bonds. The van der Waals surface area contributed by atoms with E-state index in [2.05, 4.69) is 164 Å². The van der Waals surface area contributed by atoms with Gasteiger partial charge in [0.15, 0.2) is 5.82 Å². The van der Waals surface area contributed by atoms with E-state index in [-0.39, 0.29) is 0 Å². The van der Waals surface area contributed by atoms with E-state index in [1.165, 1.54) is 43.2 Å². The van der Waals surface area contributed by atoms with Crippen molar-refractivity contribution in [2.75, 3.05) is 0 Å². The Labute approximate surface area is 342 Å². The third-order valence-electron chi connectivity index (χ3n) is 11.6. The minimum Gasteiger partial charge on any atom is -0.228 e. The SMILES string of the molecule is N#Cc1cccc(-c2ccc(-c3ccc4c(c3)C3(c5ccccc5Sc5ccccc53)c3cc(-c5cc(-c6ccccc6)nc(-c6ccccc6)n5)ccc3-4)cc2)c1. The summed E-state index contributed by atoms with van der Waals surface area (Å²) >= 11 is 1.85. The molecule has 11 rings (SSSR count). The Bertz CT molecular complexity index is 2990. The lowest BCUT2D eigenvalue weighted by Crippen LogP contribution is -2.32. The maximum absolute atomic E-state index is 9.50. The molecule has 58 heavy (non-hydrogen) atoms. The number of hydrogen-bond acceptors (Lipinski definition) is 4. The van der Waals surface area contributed by atoms with Gasteiger partial charge in [0.1, 0.15) is 0 Å². The van der Waals surface area contributed by atoms with Crippen LogP contribution in [0.5, 0.6) is 0 Å². The highest BCUT2D eigenvalue weighted by Gasteiger charge is 2.50. The summed E-state index contributed by atoms with van der Waals surface area (Å²) in [6, 6.07) is 73.4. The molecule has 4 heteroatoms. The predicted octanol–water partition coefficient (Wildman–Crippen LogP) is 13.5. The second-order valence-electron chi connectivity index (χ2n) is 14.8. The normalized spacial score (nSPS) is 12.9. The second-order valence-corrected chi connectivity index (χ2v) is 15.9. The van der Waals surface area contributed by atoms with Gasteiger partial charge in [0, 0.05) is 26.5 Å². The van der Waals surface area contributed by atoms with E-state index in [0.29, 0.717) is 11.4 Å². The van der Waals surface area contributed by atoms with E-state index in [4.69, 9.17) is 9.97 Å². The number of nitrogens with zero attached hydrogens (tertiary/aromatic N) is 3. The Morgan fingerprint density at radius 1 is 0.379 bits per heavy atom. The fourth-order valence-corrected chi connectivity index (χ4v) is 10.1. The molecule has 0 saturated carbocycles. The van der Waals surface area contributed by atoms with Crippen molar-refractivity contribution >= 4 is 11.8 Å². The number of rotatable bonds is 5. The Balaban J connectivity index is 1.12. The highest BCUT2D eigenvalue weighted by molar-refractivity contribution is 7.99. The monoisotopic (exact) mass is 755 g/mol. The third-order valence-corrected chi connectivity index (χ3v) is 12.8. The number of aromatic nitrogens is 2. The van der Waals surface area contributed by atoms with Crippen LogP contribution in [0, 0.1) is 11.3 Å². The van der Waals surface area contributed by atoms with E-state index in [1.54, 1.807) is 0 Å². The average molecular weight is 756 g/mol. The lowest BCUT2D eigenvalue weighted by Gasteiger charge is -2.40. The molecule has 0 fully saturated rings. The number of hydrogen-bond donors (Lipinski definition) is 0. The van der Waals surface area contributed by atoms with Crippen LogP contribution in [0.2, 0.25) is 0 Å². The van der Waals surface area contributed by atoms with Gasteiger partial charge in [-0.2, -0.15) is 5.26 Å². The van der Waals surface area contributed by atoms with Gasteiger partial charge in [-0.05, 0) is 98.1 Å². The van der Waals surface area contributed by atoms with Crippen LogP contribution < -0.4 is 0 Å². The number of benzene rings is 8. The van der Waals surface area contributed by atoms with Crippen molar-refractivity contribution in [1.29, 1.82) is 5.26 Å². The molecule has 270 valence electrons. The van der Waals surface area contributed by atoms with Crippen molar-refractivity contribution in [2.24, 2.45) is 0 Å². The van der Waals surface area contributed by atoms with Gasteiger partial charge in [-0.3, -0.25) is 0 Å². The van der Waals surface area contributed by atoms with Crippen LogP contribution in [-0.4, -0.2) is 9.97 Å². The fourth-order valence-electron chi connectivity index (χ4n) is 8.93. The molecule has 2 aliphatic rings. The molecule has 0 N–H and O–H groups in total. The highest BCUT2D eigenvalue weighted by Crippen LogP contribution is 2.63. The van der Waals surface area contributed by atoms with E-state index in [0.717, 1.165) is 50.3 Å². The molecule has 8 aromatic carbocycles. The molecular formula is C54H33N3S. The standard InChI is InChI=1S/C54H33N3S/c55-34-35-12-11-17-40(30-35)36-22-24-37(25-23-36)41-26-28-43-44-29-27-42(50-33-49(38-13-3-1-4-14-38)56-53(57-50)39-15-5-2-6-16-39)32-48(44)54(47(43)31-41)45-18-7-9-20-51(45)58-52-21-10-8-19-46(52)54/h1-33H. The zero-order chi connectivity index (χ0) is 38.6. The first-order valence-electron chi connectivity index (χ1n) is 19.4. The molecule has 0 unspecified atom stereocenters. The summed E-state index contributed by atoms with van der Waals surface area (Å²) in [5.41, 5.74) is 17.0. The first kappa shape index (κ1) is 34.0. The molecule has 1 aliphatic carbocycles. The summed E-state index contributed by atoms with van der Waals surface area (Å²) in [4.78, 5) is 12.9. The Morgan fingerprint density at radius 3 is 1.48 bits per heavy atom. The molecule has 2 heterocycles. The predicted molar refractivity (Wildman–Crippen MR) is 235 cm³/mol. The van der Waals surface area contributed by atoms with Crippen LogP contribution in [0.1, 0.15) is 27.8 Å². The van der Waals surface area contributed by atoms with E-state index >= 15 is 0 Å². The van der Waals surface area contributed by atoms with Crippen LogP contribution in [-0.2, 0) is 5.41 Å². The summed E-state index contributed by atoms with van der Waals surface area (Å²) in [7, 11) is 0. The Hall–Kier alpha value is -7.32. The third kappa shape index (κ3) is 5.44. The highest BCUT2D eigenvalue weighted by atomic mass is 32.2. The molecule has 0 atom stereocenters. The topological polar surface area (TPSA) is 49.6 Å². The minimum atomic E-state index is -0.565. The lowest BCUT2D eigenvalue weighted by atomic mass is 9.67. The molecule has 1 aromatic heterocycles. The van der Waals surface area contributed by atoms with E-state index < -0.39 is 5.41 Å². The molecule has 3 nitrogen and oxygen atoms in total. The van der Waals surface area contributed by atoms with Crippen LogP contribution in [0.4, 0.5) is 0 Å². The van der Waals surface area contributed by atoms with Crippen LogP contribution >= 0.6 is 11.8 Å². The zero-order valence-electron chi connectivity index (χ0n) is 31.3. The van der Waals surface area contributed by atoms with Crippen LogP contribution in [0.3, 0.4) is 0 Å². The molecule has 0 radical (unpaired) electrons. The van der Waals surface area contributed by atoms with Crippen LogP contribution in [0.25, 0.3) is 67.3 Å². The van der Waals surface area contributed by atoms with Crippen molar-refractivity contribution in [3.8, 4) is 73.4 Å². The van der Waals surface area contributed by atoms with Gasteiger partial charge in [0.05, 0.1) is 28.4 Å². The molecule has 0 bridgehead atoms. The zero-order valence-corrected chi connectivity index (χ0v) is 32.1. The molecule has 9 aromatic rings. The van der Waals surface area contributed by atoms with Gasteiger partial charge < -0.3 is 0 Å². The van der Waals surface area contributed by atoms with Crippen molar-refractivity contribution < 1.29 is 0 Å². The van der Waals surface area contributed by atoms with Gasteiger partial charge in [-0.1, -0.05) is 169 Å². The summed E-state index contributed by atoms with van der Waals surface area (Å²) in [5.74, 6) is 0.702. The number of fused-ring (bicyclic) bond motifs is 9. The summed E-state index contributed by atoms with van der Waals surface area (Å²) < 4.78 is 0. The maximum atomic E-state index is 9.50. The van der Waals surface area contributed by atoms with Gasteiger partial charge >= 0.3 is 0 Å². The summed E-state index contributed by atoms with van der Waals surface area (Å²) in [5, 5.41) is 9.50. The molecule has 1 spiro atoms. The lowest BCUT2D eigenvalue weighted by molar-refractivity contribution is 0.723. The minimum absolute atomic E-state index is 0.565. The summed E-state index contributed by atoms with van der Waals surface area (Å²) in [6.45, 7) is 0. The van der Waals surface area contributed by atoms with Crippen molar-refractivity contribution in [3.05, 3.63) is 228 Å². The largest absolute Gasteiger partial charge is 0.228 e. The van der Waals surface area contributed by atoms with E-state index in [1.807, 2.05) is 54.2 Å². The number of nitriles is 1. The van der Waals surface area contributed by atoms with E-state index in [9.17, 15) is 5.26 Å². The summed E-state index contributed by atoms with van der Waals surface area (Å²) in [6.07, 6.45) is 0. The maximum Gasteiger partial charge on any atom is 0.160 e. The fraction of sp³-hybridized carbons (Fsp3) is 0.0185. The van der Waals surface area contributed by atoms with Gasteiger partial charge in [-0.25, -0.2) is 9.97 Å². The van der Waals surface area contributed by atoms with Crippen molar-refractivity contribution in [3.63, 3.8) is 0 Å². The Morgan fingerprint density at radius 2 is 0.862 bits per heavy atom. The van der Waals surface area contributed by atoms with Crippen LogP contribution in [0.15, 0.2) is 210 Å². The van der Waals surface area contributed by atoms with Crippen molar-refractivity contribution in [2.45, 2.75) is 15.2 Å². The first-order chi connectivity index (χ1) is 28.7. The van der Waals surface area contributed by atoms with Gasteiger partial charge in [0.25, 0.3) is 0 Å². The average Bonchev–Trinajstić information content (AvgIpc) is 3.58. The van der Waals surface area contributed by atoms with Gasteiger partial charge in [-0.15, -0.1) is 0 Å². The molecule has 0 saturated heterocycles. The Kier molecular flexibility index (Phi) is 8.03. The molecular weight excluding hydrogens is 723 g/mol. The quantitative estimate of drug-likeness (QED) is 0.175. The smallest absolute Gasteiger partial charge is 0.160 e. The van der Waals surface area contributed by atoms with Crippen molar-refractivity contribution in [1.82, 2.24) is 9.97 Å². The first-order valence-corrected chi connectivity index (χ1v) is 20.3.